The highest BCUT2D eigenvalue weighted by Gasteiger charge is 2.14. The van der Waals surface area contributed by atoms with Crippen LogP contribution in [0.5, 0.6) is 11.5 Å². The lowest BCUT2D eigenvalue weighted by Crippen LogP contribution is -2.42. The molecule has 1 aromatic heterocycles. The molecule has 0 fully saturated rings. The highest BCUT2D eigenvalue weighted by molar-refractivity contribution is 7.13. The summed E-state index contributed by atoms with van der Waals surface area (Å²) in [5.41, 5.74) is 6.20. The summed E-state index contributed by atoms with van der Waals surface area (Å²) >= 11 is 1.31. The van der Waals surface area contributed by atoms with E-state index in [0.29, 0.717) is 33.3 Å². The first-order valence-corrected chi connectivity index (χ1v) is 10.4. The van der Waals surface area contributed by atoms with Crippen LogP contribution in [0.25, 0.3) is 10.6 Å². The summed E-state index contributed by atoms with van der Waals surface area (Å²) in [6.45, 7) is 3.78. The maximum absolute atomic E-state index is 13.4. The van der Waals surface area contributed by atoms with Gasteiger partial charge in [0, 0.05) is 16.5 Å². The second-order valence-electron chi connectivity index (χ2n) is 6.87. The predicted molar refractivity (Wildman–Crippen MR) is 116 cm³/mol. The lowest BCUT2D eigenvalue weighted by atomic mass is 10.2. The first-order chi connectivity index (χ1) is 14.9. The standard InChI is InChI=1S/C22H22FN3O4S/c1-13(2)30-18-8-7-14(10-19(18)29-3)21(28)26-25-20(27)11-17-12-31-22(24-17)15-5-4-6-16(23)9-15/h4-10,12-13H,11H2,1-3H3,(H,25,27)(H,26,28). The summed E-state index contributed by atoms with van der Waals surface area (Å²) in [5, 5.41) is 2.34. The highest BCUT2D eigenvalue weighted by Crippen LogP contribution is 2.29. The Morgan fingerprint density at radius 2 is 1.94 bits per heavy atom. The molecule has 0 aliphatic heterocycles. The van der Waals surface area contributed by atoms with Crippen molar-refractivity contribution in [3.05, 3.63) is 64.9 Å². The molecule has 0 atom stereocenters. The molecule has 0 bridgehead atoms. The number of carbonyl (C=O) groups is 2. The molecule has 1 heterocycles. The Labute approximate surface area is 183 Å². The van der Waals surface area contributed by atoms with Gasteiger partial charge < -0.3 is 9.47 Å². The van der Waals surface area contributed by atoms with E-state index < -0.39 is 11.8 Å². The van der Waals surface area contributed by atoms with E-state index in [4.69, 9.17) is 9.47 Å². The van der Waals surface area contributed by atoms with Crippen LogP contribution in [0.15, 0.2) is 47.8 Å². The van der Waals surface area contributed by atoms with E-state index in [0.717, 1.165) is 0 Å². The van der Waals surface area contributed by atoms with Crippen molar-refractivity contribution in [1.29, 1.82) is 0 Å². The fourth-order valence-electron chi connectivity index (χ4n) is 2.71. The molecule has 0 radical (unpaired) electrons. The summed E-state index contributed by atoms with van der Waals surface area (Å²) in [5.74, 6) is -0.344. The van der Waals surface area contributed by atoms with Crippen LogP contribution in [0.2, 0.25) is 0 Å². The number of benzene rings is 2. The molecule has 3 rings (SSSR count). The first-order valence-electron chi connectivity index (χ1n) is 9.50. The molecule has 0 saturated carbocycles. The second kappa shape index (κ2) is 10.0. The van der Waals surface area contributed by atoms with Crippen molar-refractivity contribution in [2.75, 3.05) is 7.11 Å². The zero-order valence-electron chi connectivity index (χ0n) is 17.3. The number of hydrazine groups is 1. The van der Waals surface area contributed by atoms with Gasteiger partial charge in [-0.05, 0) is 44.2 Å². The quantitative estimate of drug-likeness (QED) is 0.543. The number of methoxy groups -OCH3 is 1. The van der Waals surface area contributed by atoms with Crippen LogP contribution >= 0.6 is 11.3 Å². The third-order valence-electron chi connectivity index (χ3n) is 4.07. The third-order valence-corrected chi connectivity index (χ3v) is 5.01. The molecule has 2 amide bonds. The van der Waals surface area contributed by atoms with Crippen molar-refractivity contribution in [1.82, 2.24) is 15.8 Å². The van der Waals surface area contributed by atoms with Crippen molar-refractivity contribution >= 4 is 23.2 Å². The number of thiazole rings is 1. The molecule has 0 aliphatic carbocycles. The van der Waals surface area contributed by atoms with E-state index in [1.807, 2.05) is 13.8 Å². The average Bonchev–Trinajstić information content (AvgIpc) is 3.20. The topological polar surface area (TPSA) is 89.6 Å². The minimum Gasteiger partial charge on any atom is -0.493 e. The molecule has 162 valence electrons. The van der Waals surface area contributed by atoms with Gasteiger partial charge in [0.15, 0.2) is 11.5 Å². The van der Waals surface area contributed by atoms with E-state index in [1.54, 1.807) is 29.6 Å². The Hall–Kier alpha value is -3.46. The Balaban J connectivity index is 1.57. The predicted octanol–water partition coefficient (Wildman–Crippen LogP) is 3.75. The molecule has 7 nitrogen and oxygen atoms in total. The number of aromatic nitrogens is 1. The van der Waals surface area contributed by atoms with Crippen LogP contribution in [-0.4, -0.2) is 30.0 Å². The number of hydrogen-bond acceptors (Lipinski definition) is 6. The van der Waals surface area contributed by atoms with Crippen molar-refractivity contribution in [3.63, 3.8) is 0 Å². The average molecular weight is 444 g/mol. The van der Waals surface area contributed by atoms with Gasteiger partial charge in [0.25, 0.3) is 5.91 Å². The zero-order valence-corrected chi connectivity index (χ0v) is 18.1. The van der Waals surface area contributed by atoms with Gasteiger partial charge in [-0.1, -0.05) is 12.1 Å². The third kappa shape index (κ3) is 6.02. The number of nitrogens with one attached hydrogen (secondary N) is 2. The number of amides is 2. The maximum Gasteiger partial charge on any atom is 0.269 e. The summed E-state index contributed by atoms with van der Waals surface area (Å²) < 4.78 is 24.3. The van der Waals surface area contributed by atoms with Gasteiger partial charge in [-0.25, -0.2) is 9.37 Å². The van der Waals surface area contributed by atoms with Gasteiger partial charge in [0.1, 0.15) is 10.8 Å². The molecular formula is C22H22FN3O4S. The van der Waals surface area contributed by atoms with Crippen LogP contribution in [0, 0.1) is 5.82 Å². The van der Waals surface area contributed by atoms with E-state index in [-0.39, 0.29) is 18.3 Å². The number of nitrogens with zero attached hydrogens (tertiary/aromatic N) is 1. The van der Waals surface area contributed by atoms with Crippen molar-refractivity contribution in [2.24, 2.45) is 0 Å². The molecule has 3 aromatic rings. The largest absolute Gasteiger partial charge is 0.493 e. The summed E-state index contributed by atoms with van der Waals surface area (Å²) in [7, 11) is 1.48. The molecule has 0 saturated heterocycles. The maximum atomic E-state index is 13.4. The molecule has 0 aliphatic rings. The molecule has 2 aromatic carbocycles. The fraction of sp³-hybridized carbons (Fsp3) is 0.227. The van der Waals surface area contributed by atoms with Crippen molar-refractivity contribution in [2.45, 2.75) is 26.4 Å². The van der Waals surface area contributed by atoms with Crippen LogP contribution in [-0.2, 0) is 11.2 Å². The van der Waals surface area contributed by atoms with Crippen LogP contribution in [0.1, 0.15) is 29.9 Å². The Kier molecular flexibility index (Phi) is 7.19. The highest BCUT2D eigenvalue weighted by atomic mass is 32.1. The van der Waals surface area contributed by atoms with E-state index in [2.05, 4.69) is 15.8 Å². The number of carbonyl (C=O) groups excluding carboxylic acids is 2. The molecule has 2 N–H and O–H groups in total. The van der Waals surface area contributed by atoms with Crippen molar-refractivity contribution < 1.29 is 23.5 Å². The number of hydrogen-bond donors (Lipinski definition) is 2. The summed E-state index contributed by atoms with van der Waals surface area (Å²) in [4.78, 5) is 28.9. The second-order valence-corrected chi connectivity index (χ2v) is 7.72. The summed E-state index contributed by atoms with van der Waals surface area (Å²) in [6, 6.07) is 10.8. The monoisotopic (exact) mass is 443 g/mol. The molecule has 9 heteroatoms. The number of ether oxygens (including phenoxy) is 2. The zero-order chi connectivity index (χ0) is 22.4. The SMILES string of the molecule is COc1cc(C(=O)NNC(=O)Cc2csc(-c3cccc(F)c3)n2)ccc1OC(C)C. The first kappa shape index (κ1) is 22.2. The van der Waals surface area contributed by atoms with Gasteiger partial charge in [-0.3, -0.25) is 20.4 Å². The van der Waals surface area contributed by atoms with Crippen LogP contribution in [0.4, 0.5) is 4.39 Å². The van der Waals surface area contributed by atoms with E-state index >= 15 is 0 Å². The van der Waals surface area contributed by atoms with Gasteiger partial charge in [0.2, 0.25) is 5.91 Å². The van der Waals surface area contributed by atoms with Gasteiger partial charge in [0.05, 0.1) is 25.3 Å². The normalized spacial score (nSPS) is 10.6. The Morgan fingerprint density at radius 3 is 2.65 bits per heavy atom. The summed E-state index contributed by atoms with van der Waals surface area (Å²) in [6.07, 6.45) is -0.0728. The Morgan fingerprint density at radius 1 is 1.13 bits per heavy atom. The van der Waals surface area contributed by atoms with E-state index in [9.17, 15) is 14.0 Å². The van der Waals surface area contributed by atoms with Crippen LogP contribution < -0.4 is 20.3 Å². The molecule has 31 heavy (non-hydrogen) atoms. The Bertz CT molecular complexity index is 1080. The van der Waals surface area contributed by atoms with Crippen LogP contribution in [0.3, 0.4) is 0 Å². The molecule has 0 spiro atoms. The van der Waals surface area contributed by atoms with Crippen molar-refractivity contribution in [3.8, 4) is 22.1 Å². The molecular weight excluding hydrogens is 421 g/mol. The number of rotatable bonds is 7. The fourth-order valence-corrected chi connectivity index (χ4v) is 3.53. The lowest BCUT2D eigenvalue weighted by Gasteiger charge is -2.14. The smallest absolute Gasteiger partial charge is 0.269 e. The van der Waals surface area contributed by atoms with Gasteiger partial charge in [-0.15, -0.1) is 11.3 Å². The minimum atomic E-state index is -0.499. The minimum absolute atomic E-state index is 0.0312. The van der Waals surface area contributed by atoms with E-state index in [1.165, 1.54) is 36.6 Å². The van der Waals surface area contributed by atoms with Gasteiger partial charge >= 0.3 is 0 Å². The molecule has 0 unspecified atom stereocenters. The lowest BCUT2D eigenvalue weighted by molar-refractivity contribution is -0.121. The van der Waals surface area contributed by atoms with Gasteiger partial charge in [-0.2, -0.15) is 0 Å². The number of halogens is 1.